The van der Waals surface area contributed by atoms with Gasteiger partial charge in [-0.25, -0.2) is 0 Å². The van der Waals surface area contributed by atoms with Crippen molar-refractivity contribution in [3.05, 3.63) is 58.3 Å². The van der Waals surface area contributed by atoms with Crippen LogP contribution in [0.4, 0.5) is 5.69 Å². The first kappa shape index (κ1) is 12.2. The molecule has 0 aliphatic heterocycles. The van der Waals surface area contributed by atoms with Gasteiger partial charge in [-0.3, -0.25) is 4.98 Å². The summed E-state index contributed by atoms with van der Waals surface area (Å²) in [7, 11) is 0. The molecular formula is C13H12Cl2N2. The van der Waals surface area contributed by atoms with Gasteiger partial charge in [0.25, 0.3) is 0 Å². The Morgan fingerprint density at radius 2 is 1.65 bits per heavy atom. The molecule has 2 aromatic rings. The quantitative estimate of drug-likeness (QED) is 0.881. The molecule has 0 unspecified atom stereocenters. The lowest BCUT2D eigenvalue weighted by atomic mass is 10.1. The molecule has 0 amide bonds. The summed E-state index contributed by atoms with van der Waals surface area (Å²) >= 11 is 11.9. The zero-order valence-corrected chi connectivity index (χ0v) is 10.8. The van der Waals surface area contributed by atoms with E-state index < -0.39 is 0 Å². The minimum atomic E-state index is 0.174. The number of aromatic nitrogens is 1. The smallest absolute Gasteiger partial charge is 0.0486 e. The summed E-state index contributed by atoms with van der Waals surface area (Å²) in [5.74, 6) is 0. The van der Waals surface area contributed by atoms with Crippen molar-refractivity contribution in [1.29, 1.82) is 0 Å². The number of benzene rings is 1. The normalized spacial score (nSPS) is 12.2. The molecule has 2 nitrogen and oxygen atoms in total. The first-order chi connectivity index (χ1) is 8.15. The number of hydrogen-bond acceptors (Lipinski definition) is 2. The van der Waals surface area contributed by atoms with Gasteiger partial charge < -0.3 is 5.32 Å². The monoisotopic (exact) mass is 266 g/mol. The van der Waals surface area contributed by atoms with Gasteiger partial charge in [0, 0.05) is 34.2 Å². The van der Waals surface area contributed by atoms with Gasteiger partial charge in [0.1, 0.15) is 0 Å². The minimum Gasteiger partial charge on any atom is -0.378 e. The van der Waals surface area contributed by atoms with E-state index in [1.807, 2.05) is 24.3 Å². The van der Waals surface area contributed by atoms with Gasteiger partial charge >= 0.3 is 0 Å². The molecule has 1 atom stereocenters. The molecule has 1 heterocycles. The van der Waals surface area contributed by atoms with Crippen molar-refractivity contribution < 1.29 is 0 Å². The molecule has 4 heteroatoms. The van der Waals surface area contributed by atoms with E-state index in [4.69, 9.17) is 23.2 Å². The van der Waals surface area contributed by atoms with Crippen molar-refractivity contribution in [2.75, 3.05) is 5.32 Å². The Balaban J connectivity index is 2.16. The fourth-order valence-corrected chi connectivity index (χ4v) is 2.15. The molecule has 0 fully saturated rings. The molecule has 2 rings (SSSR count). The maximum absolute atomic E-state index is 5.95. The largest absolute Gasteiger partial charge is 0.378 e. The Kier molecular flexibility index (Phi) is 3.87. The Morgan fingerprint density at radius 1 is 1.06 bits per heavy atom. The maximum atomic E-state index is 5.95. The van der Waals surface area contributed by atoms with Crippen LogP contribution in [0.2, 0.25) is 10.0 Å². The predicted molar refractivity (Wildman–Crippen MR) is 72.7 cm³/mol. The van der Waals surface area contributed by atoms with Crippen molar-refractivity contribution >= 4 is 28.9 Å². The number of hydrogen-bond donors (Lipinski definition) is 1. The van der Waals surface area contributed by atoms with Crippen molar-refractivity contribution in [3.63, 3.8) is 0 Å². The van der Waals surface area contributed by atoms with Gasteiger partial charge in [-0.15, -0.1) is 0 Å². The van der Waals surface area contributed by atoms with Gasteiger partial charge in [0.2, 0.25) is 0 Å². The summed E-state index contributed by atoms with van der Waals surface area (Å²) in [5, 5.41) is 4.60. The Morgan fingerprint density at radius 3 is 2.24 bits per heavy atom. The van der Waals surface area contributed by atoms with Crippen LogP contribution in [0, 0.1) is 0 Å². The Hall–Kier alpha value is -1.25. The fraction of sp³-hybridized carbons (Fsp3) is 0.154. The highest BCUT2D eigenvalue weighted by atomic mass is 35.5. The molecule has 17 heavy (non-hydrogen) atoms. The summed E-state index contributed by atoms with van der Waals surface area (Å²) < 4.78 is 0. The Bertz CT molecular complexity index is 480. The molecule has 0 radical (unpaired) electrons. The van der Waals surface area contributed by atoms with Crippen LogP contribution in [-0.4, -0.2) is 4.98 Å². The molecule has 1 aromatic heterocycles. The molecule has 0 saturated heterocycles. The maximum Gasteiger partial charge on any atom is 0.0486 e. The van der Waals surface area contributed by atoms with Crippen molar-refractivity contribution in [2.45, 2.75) is 13.0 Å². The predicted octanol–water partition coefficient (Wildman–Crippen LogP) is 4.56. The van der Waals surface area contributed by atoms with Crippen LogP contribution in [0.15, 0.2) is 42.7 Å². The lowest BCUT2D eigenvalue weighted by Gasteiger charge is -2.15. The lowest BCUT2D eigenvalue weighted by molar-refractivity contribution is 0.881. The van der Waals surface area contributed by atoms with E-state index in [2.05, 4.69) is 17.2 Å². The van der Waals surface area contributed by atoms with Crippen molar-refractivity contribution in [3.8, 4) is 0 Å². The number of anilines is 1. The zero-order chi connectivity index (χ0) is 12.3. The number of nitrogens with one attached hydrogen (secondary N) is 1. The average molecular weight is 267 g/mol. The second-order valence-electron chi connectivity index (χ2n) is 3.80. The average Bonchev–Trinajstić information content (AvgIpc) is 2.28. The van der Waals surface area contributed by atoms with Crippen LogP contribution in [0.3, 0.4) is 0 Å². The van der Waals surface area contributed by atoms with Crippen LogP contribution < -0.4 is 5.32 Å². The molecular weight excluding hydrogens is 255 g/mol. The standard InChI is InChI=1S/C13H12Cl2N2/c1-9(10-2-4-16-5-3-10)17-13-7-11(14)6-12(15)8-13/h2-9,17H,1H3/t9-/m0/s1. The highest BCUT2D eigenvalue weighted by Crippen LogP contribution is 2.25. The van der Waals surface area contributed by atoms with E-state index in [9.17, 15) is 0 Å². The highest BCUT2D eigenvalue weighted by molar-refractivity contribution is 6.35. The van der Waals surface area contributed by atoms with Crippen LogP contribution in [0.1, 0.15) is 18.5 Å². The van der Waals surface area contributed by atoms with Gasteiger partial charge in [0.05, 0.1) is 0 Å². The molecule has 88 valence electrons. The summed E-state index contributed by atoms with van der Waals surface area (Å²) in [6.45, 7) is 2.07. The van der Waals surface area contributed by atoms with Gasteiger partial charge in [-0.1, -0.05) is 23.2 Å². The molecule has 0 bridgehead atoms. The third-order valence-electron chi connectivity index (χ3n) is 2.45. The van der Waals surface area contributed by atoms with E-state index in [0.29, 0.717) is 10.0 Å². The van der Waals surface area contributed by atoms with Gasteiger partial charge in [-0.2, -0.15) is 0 Å². The molecule has 1 N–H and O–H groups in total. The molecule has 0 saturated carbocycles. The van der Waals surface area contributed by atoms with Crippen LogP contribution in [0.25, 0.3) is 0 Å². The van der Waals surface area contributed by atoms with Crippen molar-refractivity contribution in [2.24, 2.45) is 0 Å². The first-order valence-corrected chi connectivity index (χ1v) is 6.03. The van der Waals surface area contributed by atoms with Crippen LogP contribution >= 0.6 is 23.2 Å². The first-order valence-electron chi connectivity index (χ1n) is 5.28. The zero-order valence-electron chi connectivity index (χ0n) is 9.32. The minimum absolute atomic E-state index is 0.174. The molecule has 1 aromatic carbocycles. The highest BCUT2D eigenvalue weighted by Gasteiger charge is 2.05. The summed E-state index contributed by atoms with van der Waals surface area (Å²) in [4.78, 5) is 3.99. The third kappa shape index (κ3) is 3.35. The molecule has 0 aliphatic carbocycles. The second-order valence-corrected chi connectivity index (χ2v) is 4.68. The number of nitrogens with zero attached hydrogens (tertiary/aromatic N) is 1. The van der Waals surface area contributed by atoms with E-state index in [0.717, 1.165) is 11.3 Å². The number of halogens is 2. The second kappa shape index (κ2) is 5.39. The van der Waals surface area contributed by atoms with E-state index in [1.165, 1.54) is 0 Å². The number of pyridine rings is 1. The number of rotatable bonds is 3. The van der Waals surface area contributed by atoms with Gasteiger partial charge in [0.15, 0.2) is 0 Å². The van der Waals surface area contributed by atoms with Crippen molar-refractivity contribution in [1.82, 2.24) is 4.98 Å². The van der Waals surface area contributed by atoms with E-state index in [-0.39, 0.29) is 6.04 Å². The fourth-order valence-electron chi connectivity index (χ4n) is 1.62. The Labute approximate surface area is 111 Å². The molecule has 0 spiro atoms. The van der Waals surface area contributed by atoms with Crippen LogP contribution in [-0.2, 0) is 0 Å². The topological polar surface area (TPSA) is 24.9 Å². The molecule has 0 aliphatic rings. The summed E-state index contributed by atoms with van der Waals surface area (Å²) in [6.07, 6.45) is 3.55. The van der Waals surface area contributed by atoms with E-state index in [1.54, 1.807) is 18.5 Å². The SMILES string of the molecule is C[C@H](Nc1cc(Cl)cc(Cl)c1)c1ccncc1. The lowest BCUT2D eigenvalue weighted by Crippen LogP contribution is -2.06. The van der Waals surface area contributed by atoms with E-state index >= 15 is 0 Å². The third-order valence-corrected chi connectivity index (χ3v) is 2.89. The van der Waals surface area contributed by atoms with Crippen LogP contribution in [0.5, 0.6) is 0 Å². The summed E-state index contributed by atoms with van der Waals surface area (Å²) in [5.41, 5.74) is 2.07. The summed E-state index contributed by atoms with van der Waals surface area (Å²) in [6, 6.07) is 9.54. The van der Waals surface area contributed by atoms with Gasteiger partial charge in [-0.05, 0) is 42.8 Å².